The van der Waals surface area contributed by atoms with Crippen LogP contribution in [0.1, 0.15) is 21.5 Å². The Bertz CT molecular complexity index is 626. The molecule has 0 aliphatic carbocycles. The first kappa shape index (κ1) is 14.1. The van der Waals surface area contributed by atoms with Gasteiger partial charge in [0.25, 0.3) is 0 Å². The summed E-state index contributed by atoms with van der Waals surface area (Å²) in [5.41, 5.74) is 2.81. The van der Waals surface area contributed by atoms with Crippen molar-refractivity contribution in [1.29, 1.82) is 0 Å². The summed E-state index contributed by atoms with van der Waals surface area (Å²) < 4.78 is 13.0. The van der Waals surface area contributed by atoms with Crippen LogP contribution in [0.4, 0.5) is 10.1 Å². The summed E-state index contributed by atoms with van der Waals surface area (Å²) >= 11 is 0. The number of carboxylic acids is 1. The smallest absolute Gasteiger partial charge is 0.335 e. The van der Waals surface area contributed by atoms with Gasteiger partial charge in [-0.3, -0.25) is 0 Å². The van der Waals surface area contributed by atoms with E-state index in [0.717, 1.165) is 11.3 Å². The van der Waals surface area contributed by atoms with Gasteiger partial charge in [-0.15, -0.1) is 0 Å². The predicted octanol–water partition coefficient (Wildman–Crippen LogP) is 3.49. The van der Waals surface area contributed by atoms with Gasteiger partial charge in [0.05, 0.1) is 5.56 Å². The maximum absolute atomic E-state index is 13.0. The number of benzene rings is 2. The van der Waals surface area contributed by atoms with E-state index in [4.69, 9.17) is 5.11 Å². The van der Waals surface area contributed by atoms with Crippen molar-refractivity contribution in [2.45, 2.75) is 13.3 Å². The van der Waals surface area contributed by atoms with Gasteiger partial charge in [0.2, 0.25) is 0 Å². The standard InChI is InChI=1S/C16H16FNO2/c1-11-9-14(5-6-15(11)16(19)20)18-8-7-12-3-2-4-13(17)10-12/h2-6,9-10,18H,7-8H2,1H3,(H,19,20). The Morgan fingerprint density at radius 1 is 1.25 bits per heavy atom. The highest BCUT2D eigenvalue weighted by Gasteiger charge is 2.06. The molecule has 0 radical (unpaired) electrons. The third kappa shape index (κ3) is 3.57. The summed E-state index contributed by atoms with van der Waals surface area (Å²) in [6, 6.07) is 11.6. The normalized spacial score (nSPS) is 10.3. The number of nitrogens with one attached hydrogen (secondary N) is 1. The second-order valence-corrected chi connectivity index (χ2v) is 4.64. The van der Waals surface area contributed by atoms with Crippen molar-refractivity contribution in [3.8, 4) is 0 Å². The number of aromatic carboxylic acids is 1. The molecule has 20 heavy (non-hydrogen) atoms. The minimum Gasteiger partial charge on any atom is -0.478 e. The third-order valence-electron chi connectivity index (χ3n) is 3.09. The van der Waals surface area contributed by atoms with Crippen molar-refractivity contribution < 1.29 is 14.3 Å². The van der Waals surface area contributed by atoms with Gasteiger partial charge in [0, 0.05) is 12.2 Å². The first-order valence-electron chi connectivity index (χ1n) is 6.38. The van der Waals surface area contributed by atoms with Crippen LogP contribution in [0.2, 0.25) is 0 Å². The van der Waals surface area contributed by atoms with Crippen LogP contribution in [0.3, 0.4) is 0 Å². The highest BCUT2D eigenvalue weighted by atomic mass is 19.1. The van der Waals surface area contributed by atoms with Crippen LogP contribution < -0.4 is 5.32 Å². The van der Waals surface area contributed by atoms with E-state index < -0.39 is 5.97 Å². The van der Waals surface area contributed by atoms with E-state index in [9.17, 15) is 9.18 Å². The molecule has 0 fully saturated rings. The van der Waals surface area contributed by atoms with Gasteiger partial charge in [-0.05, 0) is 54.8 Å². The summed E-state index contributed by atoms with van der Waals surface area (Å²) in [4.78, 5) is 10.9. The molecule has 0 aromatic heterocycles. The average Bonchev–Trinajstić information content (AvgIpc) is 2.38. The van der Waals surface area contributed by atoms with Gasteiger partial charge in [0.15, 0.2) is 0 Å². The Labute approximate surface area is 117 Å². The van der Waals surface area contributed by atoms with Gasteiger partial charge in [0.1, 0.15) is 5.82 Å². The lowest BCUT2D eigenvalue weighted by Gasteiger charge is -2.09. The second kappa shape index (κ2) is 6.19. The van der Waals surface area contributed by atoms with Crippen LogP contribution in [-0.2, 0) is 6.42 Å². The zero-order valence-electron chi connectivity index (χ0n) is 11.2. The Kier molecular flexibility index (Phi) is 4.35. The number of aryl methyl sites for hydroxylation is 1. The maximum atomic E-state index is 13.0. The zero-order chi connectivity index (χ0) is 14.5. The van der Waals surface area contributed by atoms with Crippen molar-refractivity contribution >= 4 is 11.7 Å². The molecular formula is C16H16FNO2. The average molecular weight is 273 g/mol. The van der Waals surface area contributed by atoms with Crippen LogP contribution in [0.25, 0.3) is 0 Å². The van der Waals surface area contributed by atoms with Crippen LogP contribution in [0.5, 0.6) is 0 Å². The topological polar surface area (TPSA) is 49.3 Å². The Morgan fingerprint density at radius 3 is 2.70 bits per heavy atom. The van der Waals surface area contributed by atoms with Crippen molar-refractivity contribution in [2.24, 2.45) is 0 Å². The van der Waals surface area contributed by atoms with Crippen molar-refractivity contribution in [2.75, 3.05) is 11.9 Å². The second-order valence-electron chi connectivity index (χ2n) is 4.64. The minimum absolute atomic E-state index is 0.232. The fourth-order valence-electron chi connectivity index (χ4n) is 2.06. The third-order valence-corrected chi connectivity index (χ3v) is 3.09. The molecule has 0 atom stereocenters. The number of hydrogen-bond acceptors (Lipinski definition) is 2. The molecular weight excluding hydrogens is 257 g/mol. The molecule has 0 saturated carbocycles. The van der Waals surface area contributed by atoms with Crippen molar-refractivity contribution in [3.05, 3.63) is 65.0 Å². The number of anilines is 1. The molecule has 2 aromatic rings. The summed E-state index contributed by atoms with van der Waals surface area (Å²) in [7, 11) is 0. The minimum atomic E-state index is -0.922. The van der Waals surface area contributed by atoms with Gasteiger partial charge >= 0.3 is 5.97 Å². The zero-order valence-corrected chi connectivity index (χ0v) is 11.2. The number of carbonyl (C=O) groups is 1. The Balaban J connectivity index is 1.94. The molecule has 2 rings (SSSR count). The largest absolute Gasteiger partial charge is 0.478 e. The lowest BCUT2D eigenvalue weighted by Crippen LogP contribution is -2.06. The number of rotatable bonds is 5. The first-order chi connectivity index (χ1) is 9.56. The summed E-state index contributed by atoms with van der Waals surface area (Å²) in [5, 5.41) is 12.2. The fraction of sp³-hybridized carbons (Fsp3) is 0.188. The van der Waals surface area contributed by atoms with Gasteiger partial charge < -0.3 is 10.4 Å². The highest BCUT2D eigenvalue weighted by molar-refractivity contribution is 5.89. The van der Waals surface area contributed by atoms with Crippen LogP contribution in [-0.4, -0.2) is 17.6 Å². The molecule has 0 heterocycles. The SMILES string of the molecule is Cc1cc(NCCc2cccc(F)c2)ccc1C(=O)O. The molecule has 3 nitrogen and oxygen atoms in total. The predicted molar refractivity (Wildman–Crippen MR) is 76.7 cm³/mol. The molecule has 0 aliphatic heterocycles. The maximum Gasteiger partial charge on any atom is 0.335 e. The van der Waals surface area contributed by atoms with Gasteiger partial charge in [-0.1, -0.05) is 12.1 Å². The van der Waals surface area contributed by atoms with Gasteiger partial charge in [-0.2, -0.15) is 0 Å². The van der Waals surface area contributed by atoms with E-state index in [0.29, 0.717) is 24.1 Å². The quantitative estimate of drug-likeness (QED) is 0.876. The number of halogens is 1. The summed E-state index contributed by atoms with van der Waals surface area (Å²) in [5.74, 6) is -1.15. The van der Waals surface area contributed by atoms with E-state index in [1.807, 2.05) is 6.07 Å². The van der Waals surface area contributed by atoms with Crippen molar-refractivity contribution in [1.82, 2.24) is 0 Å². The summed E-state index contributed by atoms with van der Waals surface area (Å²) in [6.45, 7) is 2.43. The molecule has 0 saturated heterocycles. The molecule has 0 amide bonds. The molecule has 2 N–H and O–H groups in total. The van der Waals surface area contributed by atoms with Crippen LogP contribution in [0.15, 0.2) is 42.5 Å². The molecule has 0 bridgehead atoms. The van der Waals surface area contributed by atoms with Crippen molar-refractivity contribution in [3.63, 3.8) is 0 Å². The molecule has 2 aromatic carbocycles. The molecule has 0 unspecified atom stereocenters. The fourth-order valence-corrected chi connectivity index (χ4v) is 2.06. The lowest BCUT2D eigenvalue weighted by molar-refractivity contribution is 0.0696. The number of hydrogen-bond donors (Lipinski definition) is 2. The Hall–Kier alpha value is -2.36. The molecule has 104 valence electrons. The van der Waals surface area contributed by atoms with E-state index in [2.05, 4.69) is 5.32 Å². The van der Waals surface area contributed by atoms with E-state index in [-0.39, 0.29) is 5.82 Å². The lowest BCUT2D eigenvalue weighted by atomic mass is 10.1. The monoisotopic (exact) mass is 273 g/mol. The van der Waals surface area contributed by atoms with E-state index >= 15 is 0 Å². The van der Waals surface area contributed by atoms with E-state index in [1.165, 1.54) is 12.1 Å². The van der Waals surface area contributed by atoms with Crippen LogP contribution in [0, 0.1) is 12.7 Å². The molecule has 0 spiro atoms. The van der Waals surface area contributed by atoms with E-state index in [1.54, 1.807) is 31.2 Å². The Morgan fingerprint density at radius 2 is 2.05 bits per heavy atom. The molecule has 4 heteroatoms. The first-order valence-corrected chi connectivity index (χ1v) is 6.38. The summed E-state index contributed by atoms with van der Waals surface area (Å²) in [6.07, 6.45) is 0.706. The molecule has 0 aliphatic rings. The van der Waals surface area contributed by atoms with Crippen LogP contribution >= 0.6 is 0 Å². The van der Waals surface area contributed by atoms with Gasteiger partial charge in [-0.25, -0.2) is 9.18 Å². The number of carboxylic acid groups (broad SMARTS) is 1. The highest BCUT2D eigenvalue weighted by Crippen LogP contribution is 2.15.